The molecule has 1 aromatic heterocycles. The average molecular weight is 313 g/mol. The molecule has 1 aromatic rings. The first-order chi connectivity index (χ1) is 9.65. The van der Waals surface area contributed by atoms with Gasteiger partial charge in [0.2, 0.25) is 0 Å². The van der Waals surface area contributed by atoms with Gasteiger partial charge in [-0.3, -0.25) is 0 Å². The number of aromatic nitrogens is 1. The van der Waals surface area contributed by atoms with Crippen molar-refractivity contribution >= 4 is 11.3 Å². The Morgan fingerprint density at radius 2 is 1.81 bits per heavy atom. The van der Waals surface area contributed by atoms with E-state index in [4.69, 9.17) is 9.72 Å². The molecule has 0 aliphatic rings. The van der Waals surface area contributed by atoms with Gasteiger partial charge in [0, 0.05) is 24.6 Å². The fourth-order valence-corrected chi connectivity index (χ4v) is 3.69. The van der Waals surface area contributed by atoms with Gasteiger partial charge in [-0.1, -0.05) is 48.5 Å². The maximum Gasteiger partial charge on any atom is 0.123 e. The van der Waals surface area contributed by atoms with Crippen molar-refractivity contribution in [2.24, 2.45) is 11.3 Å². The molecule has 1 atom stereocenters. The zero-order valence-electron chi connectivity index (χ0n) is 14.9. The van der Waals surface area contributed by atoms with Crippen LogP contribution in [0.25, 0.3) is 0 Å². The van der Waals surface area contributed by atoms with Crippen molar-refractivity contribution in [3.63, 3.8) is 0 Å². The fourth-order valence-electron chi connectivity index (χ4n) is 2.32. The predicted octanol–water partition coefficient (Wildman–Crippen LogP) is 4.57. The molecule has 0 radical (unpaired) electrons. The van der Waals surface area contributed by atoms with Gasteiger partial charge in [0.1, 0.15) is 11.1 Å². The predicted molar refractivity (Wildman–Crippen MR) is 91.8 cm³/mol. The molecule has 1 unspecified atom stereocenters. The van der Waals surface area contributed by atoms with Gasteiger partial charge in [-0.25, -0.2) is 4.98 Å². The zero-order valence-corrected chi connectivity index (χ0v) is 15.7. The maximum atomic E-state index is 5.73. The lowest BCUT2D eigenvalue weighted by atomic mass is 9.89. The molecule has 3 nitrogen and oxygen atoms in total. The van der Waals surface area contributed by atoms with E-state index in [9.17, 15) is 0 Å². The SMILES string of the molecule is COC(c1nc(CC(C)C)c(CNC(C)C)s1)C(C)(C)C. The Kier molecular flexibility index (Phi) is 6.82. The van der Waals surface area contributed by atoms with Gasteiger partial charge in [-0.15, -0.1) is 11.3 Å². The molecule has 0 aliphatic carbocycles. The highest BCUT2D eigenvalue weighted by Gasteiger charge is 2.30. The van der Waals surface area contributed by atoms with Gasteiger partial charge in [0.15, 0.2) is 0 Å². The summed E-state index contributed by atoms with van der Waals surface area (Å²) >= 11 is 1.80. The fraction of sp³-hybridized carbons (Fsp3) is 0.824. The molecule has 1 rings (SSSR count). The molecule has 1 heterocycles. The van der Waals surface area contributed by atoms with Gasteiger partial charge in [0.25, 0.3) is 0 Å². The standard InChI is InChI=1S/C17H32N2OS/c1-11(2)9-13-14(10-18-12(3)4)21-16(19-13)15(20-8)17(5,6)7/h11-12,15,18H,9-10H2,1-8H3. The van der Waals surface area contributed by atoms with Crippen LogP contribution in [0, 0.1) is 11.3 Å². The van der Waals surface area contributed by atoms with Crippen LogP contribution in [0.3, 0.4) is 0 Å². The Balaban J connectivity index is 3.05. The van der Waals surface area contributed by atoms with E-state index in [-0.39, 0.29) is 11.5 Å². The Morgan fingerprint density at radius 3 is 2.24 bits per heavy atom. The summed E-state index contributed by atoms with van der Waals surface area (Å²) in [5.41, 5.74) is 1.30. The molecule has 0 spiro atoms. The number of nitrogens with one attached hydrogen (secondary N) is 1. The number of nitrogens with zero attached hydrogens (tertiary/aromatic N) is 1. The third kappa shape index (κ3) is 5.68. The van der Waals surface area contributed by atoms with E-state index in [1.807, 2.05) is 0 Å². The van der Waals surface area contributed by atoms with E-state index in [1.165, 1.54) is 10.6 Å². The second-order valence-corrected chi connectivity index (χ2v) is 8.65. The molecule has 0 aromatic carbocycles. The highest BCUT2D eigenvalue weighted by atomic mass is 32.1. The second-order valence-electron chi connectivity index (χ2n) is 7.54. The van der Waals surface area contributed by atoms with Crippen LogP contribution in [0.15, 0.2) is 0 Å². The van der Waals surface area contributed by atoms with E-state index < -0.39 is 0 Å². The summed E-state index contributed by atoms with van der Waals surface area (Å²) in [6.07, 6.45) is 1.09. The first kappa shape index (κ1) is 18.6. The minimum atomic E-state index is 0.0567. The van der Waals surface area contributed by atoms with Crippen LogP contribution in [0.2, 0.25) is 0 Å². The second kappa shape index (κ2) is 7.70. The summed E-state index contributed by atoms with van der Waals surface area (Å²) < 4.78 is 5.73. The number of hydrogen-bond donors (Lipinski definition) is 1. The third-order valence-corrected chi connectivity index (χ3v) is 4.45. The summed E-state index contributed by atoms with van der Waals surface area (Å²) in [5.74, 6) is 0.619. The van der Waals surface area contributed by atoms with E-state index in [0.717, 1.165) is 18.0 Å². The summed E-state index contributed by atoms with van der Waals surface area (Å²) in [6.45, 7) is 16.4. The minimum Gasteiger partial charge on any atom is -0.374 e. The molecule has 0 saturated heterocycles. The molecule has 122 valence electrons. The summed E-state index contributed by atoms with van der Waals surface area (Å²) in [7, 11) is 1.78. The molecule has 0 aliphatic heterocycles. The topological polar surface area (TPSA) is 34.1 Å². The summed E-state index contributed by atoms with van der Waals surface area (Å²) in [5, 5.41) is 4.63. The monoisotopic (exact) mass is 312 g/mol. The van der Waals surface area contributed by atoms with Crippen molar-refractivity contribution in [1.82, 2.24) is 10.3 Å². The number of methoxy groups -OCH3 is 1. The van der Waals surface area contributed by atoms with Crippen LogP contribution in [0.1, 0.15) is 70.1 Å². The highest BCUT2D eigenvalue weighted by molar-refractivity contribution is 7.11. The number of thiazole rings is 1. The molecule has 0 bridgehead atoms. The Hall–Kier alpha value is -0.450. The van der Waals surface area contributed by atoms with Crippen LogP contribution in [0.4, 0.5) is 0 Å². The van der Waals surface area contributed by atoms with E-state index in [1.54, 1.807) is 18.4 Å². The van der Waals surface area contributed by atoms with Crippen LogP contribution in [-0.4, -0.2) is 18.1 Å². The lowest BCUT2D eigenvalue weighted by Gasteiger charge is -2.27. The molecule has 0 amide bonds. The normalized spacial score (nSPS) is 14.2. The van der Waals surface area contributed by atoms with E-state index >= 15 is 0 Å². The third-order valence-electron chi connectivity index (χ3n) is 3.31. The van der Waals surface area contributed by atoms with Crippen LogP contribution >= 0.6 is 11.3 Å². The zero-order chi connectivity index (χ0) is 16.2. The number of rotatable bonds is 7. The van der Waals surface area contributed by atoms with Gasteiger partial charge >= 0.3 is 0 Å². The average Bonchev–Trinajstić information content (AvgIpc) is 2.67. The smallest absolute Gasteiger partial charge is 0.123 e. The largest absolute Gasteiger partial charge is 0.374 e. The van der Waals surface area contributed by atoms with Crippen LogP contribution < -0.4 is 5.32 Å². The van der Waals surface area contributed by atoms with Crippen LogP contribution in [0.5, 0.6) is 0 Å². The van der Waals surface area contributed by atoms with Crippen LogP contribution in [-0.2, 0) is 17.7 Å². The highest BCUT2D eigenvalue weighted by Crippen LogP contribution is 2.38. The molecular formula is C17H32N2OS. The summed E-state index contributed by atoms with van der Waals surface area (Å²) in [4.78, 5) is 6.28. The molecule has 0 fully saturated rings. The Labute approximate surface area is 134 Å². The molecule has 0 saturated carbocycles. The van der Waals surface area contributed by atoms with Crippen molar-refractivity contribution in [3.05, 3.63) is 15.6 Å². The Bertz CT molecular complexity index is 432. The van der Waals surface area contributed by atoms with Gasteiger partial charge in [-0.05, 0) is 17.8 Å². The lowest BCUT2D eigenvalue weighted by Crippen LogP contribution is -2.22. The first-order valence-corrected chi connectivity index (χ1v) is 8.71. The van der Waals surface area contributed by atoms with E-state index in [0.29, 0.717) is 12.0 Å². The minimum absolute atomic E-state index is 0.0567. The molecule has 4 heteroatoms. The van der Waals surface area contributed by atoms with Gasteiger partial charge in [-0.2, -0.15) is 0 Å². The van der Waals surface area contributed by atoms with Crippen molar-refractivity contribution < 1.29 is 4.74 Å². The van der Waals surface area contributed by atoms with Crippen molar-refractivity contribution in [2.75, 3.05) is 7.11 Å². The quantitative estimate of drug-likeness (QED) is 0.800. The lowest BCUT2D eigenvalue weighted by molar-refractivity contribution is 0.0149. The molecular weight excluding hydrogens is 280 g/mol. The molecule has 1 N–H and O–H groups in total. The van der Waals surface area contributed by atoms with Crippen molar-refractivity contribution in [2.45, 2.75) is 73.6 Å². The van der Waals surface area contributed by atoms with Crippen molar-refractivity contribution in [3.8, 4) is 0 Å². The Morgan fingerprint density at radius 1 is 1.19 bits per heavy atom. The van der Waals surface area contributed by atoms with E-state index in [2.05, 4.69) is 53.8 Å². The van der Waals surface area contributed by atoms with Gasteiger partial charge in [0.05, 0.1) is 5.69 Å². The first-order valence-electron chi connectivity index (χ1n) is 7.89. The number of hydrogen-bond acceptors (Lipinski definition) is 4. The number of ether oxygens (including phenoxy) is 1. The van der Waals surface area contributed by atoms with Crippen molar-refractivity contribution in [1.29, 1.82) is 0 Å². The van der Waals surface area contributed by atoms with Gasteiger partial charge < -0.3 is 10.1 Å². The molecule has 21 heavy (non-hydrogen) atoms. The maximum absolute atomic E-state index is 5.73. The summed E-state index contributed by atoms with van der Waals surface area (Å²) in [6, 6.07) is 0.489.